The maximum Gasteiger partial charge on any atom is 0.104 e. The Morgan fingerprint density at radius 3 is 2.25 bits per heavy atom. The molecule has 0 unspecified atom stereocenters. The minimum atomic E-state index is -0.133. The number of rotatable bonds is 3. The summed E-state index contributed by atoms with van der Waals surface area (Å²) in [6, 6.07) is 8.38. The first-order valence-corrected chi connectivity index (χ1v) is 5.94. The van der Waals surface area contributed by atoms with Crippen molar-refractivity contribution in [2.75, 3.05) is 26.3 Å². The lowest BCUT2D eigenvalue weighted by molar-refractivity contribution is -0.901. The number of nitrogens with zero attached hydrogens (tertiary/aromatic N) is 1. The fourth-order valence-electron chi connectivity index (χ4n) is 2.05. The number of hydrogen-bond acceptors (Lipinski definition) is 2. The maximum atomic E-state index is 12.3. The summed E-state index contributed by atoms with van der Waals surface area (Å²) in [6.45, 7) is 5.06. The van der Waals surface area contributed by atoms with Crippen LogP contribution in [-0.4, -0.2) is 30.9 Å². The average Bonchev–Trinajstić information content (AvgIpc) is 2.30. The van der Waals surface area contributed by atoms with Crippen LogP contribution in [-0.2, 0) is 17.7 Å². The first-order valence-electron chi connectivity index (χ1n) is 5.94. The second kappa shape index (κ2) is 4.95. The molecule has 0 radical (unpaired) electrons. The van der Waals surface area contributed by atoms with E-state index in [0.29, 0.717) is 32.8 Å². The minimum absolute atomic E-state index is 0.133. The van der Waals surface area contributed by atoms with Gasteiger partial charge >= 0.3 is 0 Å². The molecule has 1 aliphatic heterocycles. The van der Waals surface area contributed by atoms with Crippen molar-refractivity contribution in [3.8, 4) is 0 Å². The quantitative estimate of drug-likeness (QED) is 0.578. The summed E-state index contributed by atoms with van der Waals surface area (Å²) in [6.07, 6.45) is 1.05. The van der Waals surface area contributed by atoms with E-state index in [2.05, 4.69) is 31.2 Å². The summed E-state index contributed by atoms with van der Waals surface area (Å²) >= 11 is 0. The van der Waals surface area contributed by atoms with Gasteiger partial charge in [-0.15, -0.1) is 0 Å². The van der Waals surface area contributed by atoms with Gasteiger partial charge in [0, 0.05) is 5.56 Å². The molecule has 1 aliphatic rings. The lowest BCUT2D eigenvalue weighted by Gasteiger charge is -2.45. The lowest BCUT2D eigenvalue weighted by atomic mass is 10.1. The van der Waals surface area contributed by atoms with Crippen LogP contribution < -0.4 is 0 Å². The molecule has 1 heterocycles. The Morgan fingerprint density at radius 2 is 1.69 bits per heavy atom. The van der Waals surface area contributed by atoms with Crippen molar-refractivity contribution < 1.29 is 9.38 Å². The van der Waals surface area contributed by atoms with E-state index in [-0.39, 0.29) is 4.65 Å². The van der Waals surface area contributed by atoms with E-state index < -0.39 is 0 Å². The van der Waals surface area contributed by atoms with Crippen LogP contribution in [0.1, 0.15) is 18.1 Å². The summed E-state index contributed by atoms with van der Waals surface area (Å²) in [5, 5.41) is 12.3. The van der Waals surface area contributed by atoms with Gasteiger partial charge in [0.15, 0.2) is 0 Å². The van der Waals surface area contributed by atoms with Gasteiger partial charge in [0.25, 0.3) is 0 Å². The number of hydrogen-bond donors (Lipinski definition) is 0. The van der Waals surface area contributed by atoms with Crippen LogP contribution in [0.4, 0.5) is 0 Å². The minimum Gasteiger partial charge on any atom is -0.632 e. The number of benzene rings is 1. The highest BCUT2D eigenvalue weighted by Gasteiger charge is 2.21. The molecule has 0 saturated carbocycles. The normalized spacial score (nSPS) is 19.6. The molecule has 0 amide bonds. The number of morpholine rings is 1. The number of aryl methyl sites for hydroxylation is 1. The number of ether oxygens (including phenoxy) is 1. The van der Waals surface area contributed by atoms with Gasteiger partial charge in [-0.2, -0.15) is 0 Å². The molecule has 2 rings (SSSR count). The standard InChI is InChI=1S/C13H19NO2/c1-2-12-3-5-13(6-4-12)11-14(15)7-9-16-10-8-14/h3-6H,2,7-11H2,1H3. The zero-order valence-electron chi connectivity index (χ0n) is 9.82. The summed E-state index contributed by atoms with van der Waals surface area (Å²) in [4.78, 5) is 0. The Morgan fingerprint density at radius 1 is 1.12 bits per heavy atom. The number of quaternary nitrogens is 1. The van der Waals surface area contributed by atoms with Gasteiger partial charge in [-0.1, -0.05) is 31.2 Å². The second-order valence-electron chi connectivity index (χ2n) is 4.45. The van der Waals surface area contributed by atoms with Gasteiger partial charge in [-0.3, -0.25) is 0 Å². The molecule has 0 bridgehead atoms. The largest absolute Gasteiger partial charge is 0.632 e. The third kappa shape index (κ3) is 2.82. The molecule has 0 N–H and O–H groups in total. The van der Waals surface area contributed by atoms with Crippen molar-refractivity contribution >= 4 is 0 Å². The van der Waals surface area contributed by atoms with Gasteiger partial charge in [-0.25, -0.2) is 0 Å². The Labute approximate surface area is 96.8 Å². The van der Waals surface area contributed by atoms with Crippen molar-refractivity contribution in [1.82, 2.24) is 0 Å². The summed E-state index contributed by atoms with van der Waals surface area (Å²) < 4.78 is 5.09. The molecular weight excluding hydrogens is 202 g/mol. The SMILES string of the molecule is CCc1ccc(C[N+]2([O-])CCOCC2)cc1. The van der Waals surface area contributed by atoms with E-state index >= 15 is 0 Å². The third-order valence-corrected chi connectivity index (χ3v) is 3.19. The van der Waals surface area contributed by atoms with Gasteiger partial charge in [-0.05, 0) is 12.0 Å². The second-order valence-corrected chi connectivity index (χ2v) is 4.45. The number of hydroxylamine groups is 3. The maximum absolute atomic E-state index is 12.3. The van der Waals surface area contributed by atoms with Crippen molar-refractivity contribution in [1.29, 1.82) is 0 Å². The zero-order chi connectivity index (χ0) is 11.4. The topological polar surface area (TPSA) is 32.3 Å². The Bertz CT molecular complexity index is 328. The Kier molecular flexibility index (Phi) is 3.59. The molecule has 1 fully saturated rings. The summed E-state index contributed by atoms with van der Waals surface area (Å²) in [5.41, 5.74) is 2.46. The van der Waals surface area contributed by atoms with Crippen LogP contribution in [0, 0.1) is 5.21 Å². The Hall–Kier alpha value is -0.900. The highest BCUT2D eigenvalue weighted by Crippen LogP contribution is 2.16. The van der Waals surface area contributed by atoms with E-state index in [9.17, 15) is 5.21 Å². The highest BCUT2D eigenvalue weighted by atomic mass is 16.6. The predicted octanol–water partition coefficient (Wildman–Crippen LogP) is 2.09. The molecular formula is C13H19NO2. The third-order valence-electron chi connectivity index (χ3n) is 3.19. The van der Waals surface area contributed by atoms with Crippen LogP contribution in [0.15, 0.2) is 24.3 Å². The smallest absolute Gasteiger partial charge is 0.104 e. The monoisotopic (exact) mass is 221 g/mol. The van der Waals surface area contributed by atoms with E-state index in [1.54, 1.807) is 0 Å². The van der Waals surface area contributed by atoms with Crippen LogP contribution >= 0.6 is 0 Å². The lowest BCUT2D eigenvalue weighted by Crippen LogP contribution is -2.49. The van der Waals surface area contributed by atoms with Crippen LogP contribution in [0.3, 0.4) is 0 Å². The van der Waals surface area contributed by atoms with E-state index in [0.717, 1.165) is 12.0 Å². The van der Waals surface area contributed by atoms with E-state index in [1.807, 2.05) is 0 Å². The molecule has 0 spiro atoms. The first-order chi connectivity index (χ1) is 7.72. The van der Waals surface area contributed by atoms with Crippen molar-refractivity contribution in [3.05, 3.63) is 40.6 Å². The van der Waals surface area contributed by atoms with Crippen LogP contribution in [0.5, 0.6) is 0 Å². The molecule has 3 nitrogen and oxygen atoms in total. The molecule has 1 saturated heterocycles. The molecule has 1 aromatic rings. The Balaban J connectivity index is 2.01. The average molecular weight is 221 g/mol. The first kappa shape index (κ1) is 11.6. The van der Waals surface area contributed by atoms with Gasteiger partial charge in [0.05, 0.1) is 13.2 Å². The van der Waals surface area contributed by atoms with Crippen LogP contribution in [0.2, 0.25) is 0 Å². The summed E-state index contributed by atoms with van der Waals surface area (Å²) in [5.74, 6) is 0. The van der Waals surface area contributed by atoms with Crippen molar-refractivity contribution in [3.63, 3.8) is 0 Å². The summed E-state index contributed by atoms with van der Waals surface area (Å²) in [7, 11) is 0. The van der Waals surface area contributed by atoms with Gasteiger partial charge in [0.2, 0.25) is 0 Å². The molecule has 0 aliphatic carbocycles. The molecule has 0 aromatic heterocycles. The van der Waals surface area contributed by atoms with Gasteiger partial charge in [0.1, 0.15) is 19.6 Å². The fraction of sp³-hybridized carbons (Fsp3) is 0.538. The van der Waals surface area contributed by atoms with Crippen molar-refractivity contribution in [2.45, 2.75) is 19.9 Å². The highest BCUT2D eigenvalue weighted by molar-refractivity contribution is 5.21. The van der Waals surface area contributed by atoms with E-state index in [4.69, 9.17) is 4.74 Å². The van der Waals surface area contributed by atoms with Crippen LogP contribution in [0.25, 0.3) is 0 Å². The van der Waals surface area contributed by atoms with Gasteiger partial charge < -0.3 is 14.6 Å². The fourth-order valence-corrected chi connectivity index (χ4v) is 2.05. The predicted molar refractivity (Wildman–Crippen MR) is 63.7 cm³/mol. The van der Waals surface area contributed by atoms with Crippen molar-refractivity contribution in [2.24, 2.45) is 0 Å². The molecule has 3 heteroatoms. The molecule has 1 aromatic carbocycles. The molecule has 0 atom stereocenters. The molecule has 16 heavy (non-hydrogen) atoms. The molecule has 88 valence electrons. The zero-order valence-corrected chi connectivity index (χ0v) is 9.82. The van der Waals surface area contributed by atoms with E-state index in [1.165, 1.54) is 5.56 Å².